The Morgan fingerprint density at radius 1 is 1.00 bits per heavy atom. The number of amides is 2. The lowest BCUT2D eigenvalue weighted by atomic mass is 9.73. The number of carbonyl (C=O) groups excluding carboxylic acids is 4. The molecule has 2 aromatic rings. The lowest BCUT2D eigenvalue weighted by Crippen LogP contribution is -2.40. The van der Waals surface area contributed by atoms with Gasteiger partial charge in [0.2, 0.25) is 17.6 Å². The van der Waals surface area contributed by atoms with Gasteiger partial charge in [0.1, 0.15) is 12.4 Å². The van der Waals surface area contributed by atoms with Crippen molar-refractivity contribution in [3.63, 3.8) is 0 Å². The van der Waals surface area contributed by atoms with Crippen LogP contribution >= 0.6 is 11.6 Å². The van der Waals surface area contributed by atoms with Crippen molar-refractivity contribution in [3.8, 4) is 0 Å². The van der Waals surface area contributed by atoms with E-state index in [9.17, 15) is 23.6 Å². The Bertz CT molecular complexity index is 1150. The van der Waals surface area contributed by atoms with E-state index in [1.165, 1.54) is 17.7 Å². The zero-order valence-corrected chi connectivity index (χ0v) is 19.7. The van der Waals surface area contributed by atoms with Crippen LogP contribution in [0, 0.1) is 29.5 Å². The molecule has 8 heteroatoms. The van der Waals surface area contributed by atoms with Gasteiger partial charge in [-0.1, -0.05) is 30.3 Å². The monoisotopic (exact) mass is 497 g/mol. The van der Waals surface area contributed by atoms with Gasteiger partial charge >= 0.3 is 5.97 Å². The average Bonchev–Trinajstić information content (AvgIpc) is 3.52. The molecule has 0 aromatic heterocycles. The number of esters is 1. The van der Waals surface area contributed by atoms with Crippen LogP contribution in [-0.4, -0.2) is 47.0 Å². The third-order valence-electron chi connectivity index (χ3n) is 7.69. The highest BCUT2D eigenvalue weighted by Gasteiger charge is 2.64. The summed E-state index contributed by atoms with van der Waals surface area (Å²) in [7, 11) is 0. The van der Waals surface area contributed by atoms with E-state index >= 15 is 0 Å². The molecule has 5 rings (SSSR count). The number of hydrogen-bond donors (Lipinski definition) is 0. The van der Waals surface area contributed by atoms with Gasteiger partial charge in [-0.05, 0) is 60.4 Å². The van der Waals surface area contributed by atoms with E-state index in [2.05, 4.69) is 12.1 Å². The van der Waals surface area contributed by atoms with Crippen molar-refractivity contribution < 1.29 is 28.3 Å². The minimum absolute atomic E-state index is 0.0551. The Morgan fingerprint density at radius 3 is 2.37 bits per heavy atom. The topological polar surface area (TPSA) is 80.8 Å². The van der Waals surface area contributed by atoms with Crippen molar-refractivity contribution >= 4 is 35.2 Å². The lowest BCUT2D eigenvalue weighted by Gasteiger charge is -2.28. The van der Waals surface area contributed by atoms with Gasteiger partial charge in [-0.15, -0.1) is 11.6 Å². The molecule has 2 aromatic carbocycles. The summed E-state index contributed by atoms with van der Waals surface area (Å²) in [6, 6.07) is 14.9. The smallest absolute Gasteiger partial charge is 0.326 e. The molecule has 6 nitrogen and oxygen atoms in total. The predicted octanol–water partition coefficient (Wildman–Crippen LogP) is 3.97. The Balaban J connectivity index is 1.27. The van der Waals surface area contributed by atoms with Crippen molar-refractivity contribution in [2.75, 3.05) is 12.4 Å². The highest BCUT2D eigenvalue weighted by atomic mass is 35.5. The van der Waals surface area contributed by atoms with Gasteiger partial charge in [-0.3, -0.25) is 24.1 Å². The summed E-state index contributed by atoms with van der Waals surface area (Å²) in [6.07, 6.45) is 0.571. The summed E-state index contributed by atoms with van der Waals surface area (Å²) in [4.78, 5) is 52.9. The fraction of sp³-hybridized carbons (Fsp3) is 0.407. The molecule has 2 amide bonds. The molecule has 35 heavy (non-hydrogen) atoms. The van der Waals surface area contributed by atoms with Crippen LogP contribution in [0.5, 0.6) is 0 Å². The predicted molar refractivity (Wildman–Crippen MR) is 125 cm³/mol. The number of ketones is 1. The first-order valence-electron chi connectivity index (χ1n) is 11.8. The fourth-order valence-corrected chi connectivity index (χ4v) is 6.43. The van der Waals surface area contributed by atoms with Gasteiger partial charge in [0.25, 0.3) is 0 Å². The summed E-state index contributed by atoms with van der Waals surface area (Å²) >= 11 is 5.80. The number of ether oxygens (including phenoxy) is 1. The normalized spacial score (nSPS) is 27.7. The molecule has 0 N–H and O–H groups in total. The molecule has 2 aliphatic carbocycles. The van der Waals surface area contributed by atoms with E-state index in [1.807, 2.05) is 18.2 Å². The third-order valence-corrected chi connectivity index (χ3v) is 7.91. The molecule has 6 atom stereocenters. The molecule has 0 radical (unpaired) electrons. The second-order valence-electron chi connectivity index (χ2n) is 9.55. The third kappa shape index (κ3) is 4.27. The van der Waals surface area contributed by atoms with Gasteiger partial charge in [0.05, 0.1) is 11.8 Å². The van der Waals surface area contributed by atoms with E-state index in [1.54, 1.807) is 0 Å². The van der Waals surface area contributed by atoms with Crippen molar-refractivity contribution in [2.45, 2.75) is 31.3 Å². The average molecular weight is 498 g/mol. The summed E-state index contributed by atoms with van der Waals surface area (Å²) < 4.78 is 18.6. The van der Waals surface area contributed by atoms with E-state index < -0.39 is 36.1 Å². The molecule has 1 saturated heterocycles. The number of halogens is 2. The SMILES string of the molecule is O=C(CN1C(=O)[C@@H]2[C@@H]3C[C@@H]([C@@H]2C1=O)[C@@H](c1ccccc1)C3)O[C@@H](CCCl)C(=O)c1ccc(F)cc1. The molecule has 182 valence electrons. The molecule has 1 heterocycles. The quantitative estimate of drug-likeness (QED) is 0.238. The van der Waals surface area contributed by atoms with E-state index in [0.29, 0.717) is 0 Å². The van der Waals surface area contributed by atoms with Crippen LogP contribution in [0.15, 0.2) is 54.6 Å². The summed E-state index contributed by atoms with van der Waals surface area (Å²) in [5, 5.41) is 0. The van der Waals surface area contributed by atoms with Gasteiger partial charge < -0.3 is 4.74 Å². The minimum Gasteiger partial charge on any atom is -0.453 e. The first-order valence-corrected chi connectivity index (χ1v) is 12.4. The molecular weight excluding hydrogens is 473 g/mol. The number of nitrogens with zero attached hydrogens (tertiary/aromatic N) is 1. The standard InChI is InChI=1S/C27H25ClFNO5/c28-11-10-21(25(32)16-6-8-18(29)9-7-16)35-22(31)14-30-26(33)23-17-12-19(15-4-2-1-3-5-15)20(13-17)24(23)27(30)34/h1-9,17,19-21,23-24H,10-14H2/t17-,19+,20+,21-,23+,24-/m0/s1. The molecule has 0 unspecified atom stereocenters. The van der Waals surface area contributed by atoms with Crippen LogP contribution in [0.4, 0.5) is 4.39 Å². The number of imide groups is 1. The van der Waals surface area contributed by atoms with Crippen LogP contribution in [-0.2, 0) is 19.1 Å². The Labute approximate surface area is 207 Å². The lowest BCUT2D eigenvalue weighted by molar-refractivity contribution is -0.155. The number of fused-ring (bicyclic) bond motifs is 5. The van der Waals surface area contributed by atoms with Crippen LogP contribution in [0.2, 0.25) is 0 Å². The van der Waals surface area contributed by atoms with Gasteiger partial charge in [-0.2, -0.15) is 0 Å². The first-order chi connectivity index (χ1) is 16.9. The molecule has 0 spiro atoms. The summed E-state index contributed by atoms with van der Waals surface area (Å²) in [6.45, 7) is -0.532. The number of rotatable bonds is 8. The Hall–Kier alpha value is -3.06. The number of benzene rings is 2. The number of Topliss-reactive ketones (excluding diaryl/α,β-unsaturated/α-hetero) is 1. The maximum Gasteiger partial charge on any atom is 0.326 e. The fourth-order valence-electron chi connectivity index (χ4n) is 6.23. The zero-order valence-electron chi connectivity index (χ0n) is 18.9. The maximum absolute atomic E-state index is 13.3. The molecule has 2 saturated carbocycles. The number of alkyl halides is 1. The molecular formula is C27H25ClFNO5. The van der Waals surface area contributed by atoms with Gasteiger partial charge in [-0.25, -0.2) is 4.39 Å². The number of carbonyl (C=O) groups is 4. The van der Waals surface area contributed by atoms with Crippen molar-refractivity contribution in [3.05, 3.63) is 71.5 Å². The van der Waals surface area contributed by atoms with Gasteiger partial charge in [0.15, 0.2) is 6.10 Å². The molecule has 3 fully saturated rings. The summed E-state index contributed by atoms with van der Waals surface area (Å²) in [5.41, 5.74) is 1.36. The Kier molecular flexibility index (Phi) is 6.45. The number of likely N-dealkylation sites (tertiary alicyclic amines) is 1. The van der Waals surface area contributed by atoms with Crippen molar-refractivity contribution in [1.82, 2.24) is 4.90 Å². The molecule has 2 bridgehead atoms. The van der Waals surface area contributed by atoms with E-state index in [0.717, 1.165) is 29.9 Å². The second-order valence-corrected chi connectivity index (χ2v) is 9.93. The first kappa shape index (κ1) is 23.7. The van der Waals surface area contributed by atoms with Gasteiger partial charge in [0, 0.05) is 17.9 Å². The summed E-state index contributed by atoms with van der Waals surface area (Å²) in [5.74, 6) is -2.83. The van der Waals surface area contributed by atoms with Crippen LogP contribution < -0.4 is 0 Å². The molecule has 1 aliphatic heterocycles. The molecule has 3 aliphatic rings. The highest BCUT2D eigenvalue weighted by molar-refractivity contribution is 6.18. The van der Waals surface area contributed by atoms with Crippen molar-refractivity contribution in [1.29, 1.82) is 0 Å². The van der Waals surface area contributed by atoms with Crippen LogP contribution in [0.3, 0.4) is 0 Å². The maximum atomic E-state index is 13.3. The minimum atomic E-state index is -1.18. The van der Waals surface area contributed by atoms with Crippen LogP contribution in [0.1, 0.15) is 41.1 Å². The largest absolute Gasteiger partial charge is 0.453 e. The van der Waals surface area contributed by atoms with Crippen LogP contribution in [0.25, 0.3) is 0 Å². The van der Waals surface area contributed by atoms with Crippen molar-refractivity contribution in [2.24, 2.45) is 23.7 Å². The second kappa shape index (κ2) is 9.53. The van der Waals surface area contributed by atoms with E-state index in [-0.39, 0.29) is 53.4 Å². The zero-order chi connectivity index (χ0) is 24.7. The number of hydrogen-bond acceptors (Lipinski definition) is 5. The highest BCUT2D eigenvalue weighted by Crippen LogP contribution is 2.61. The Morgan fingerprint density at radius 2 is 1.69 bits per heavy atom. The van der Waals surface area contributed by atoms with E-state index in [4.69, 9.17) is 16.3 Å².